The fraction of sp³-hybridized carbons (Fsp3) is 0.429. The van der Waals surface area contributed by atoms with E-state index in [4.69, 9.17) is 20.2 Å². The molecule has 3 N–H and O–H groups in total. The average molecular weight is 412 g/mol. The number of pyridine rings is 2. The summed E-state index contributed by atoms with van der Waals surface area (Å²) in [5.74, 6) is -0.0981. The highest BCUT2D eigenvalue weighted by atomic mass is 16.5. The Morgan fingerprint density at radius 1 is 1.50 bits per heavy atom. The number of nitrogens with zero attached hydrogens (tertiary/aromatic N) is 3. The van der Waals surface area contributed by atoms with Crippen LogP contribution in [0.5, 0.6) is 0 Å². The van der Waals surface area contributed by atoms with Crippen LogP contribution in [-0.4, -0.2) is 48.3 Å². The van der Waals surface area contributed by atoms with Gasteiger partial charge in [0.25, 0.3) is 17.1 Å². The zero-order valence-corrected chi connectivity index (χ0v) is 17.2. The molecule has 0 aromatic carbocycles. The van der Waals surface area contributed by atoms with Crippen molar-refractivity contribution in [2.45, 2.75) is 32.4 Å². The number of nitrogen functional groups attached to an aromatic ring is 1. The van der Waals surface area contributed by atoms with Crippen LogP contribution in [0.15, 0.2) is 29.2 Å². The number of aromatic nitrogens is 3. The SMILES string of the molecule is COCCNC(=O)c1cc2c(=O)n3cccc(C)c3nc2[n+](C[C@H]2CCCO2)c1N. The maximum absolute atomic E-state index is 13.3. The van der Waals surface area contributed by atoms with E-state index in [1.807, 2.05) is 13.0 Å². The lowest BCUT2D eigenvalue weighted by atomic mass is 10.1. The molecule has 1 amide bonds. The molecule has 0 bridgehead atoms. The minimum atomic E-state index is -0.360. The van der Waals surface area contributed by atoms with Crippen LogP contribution in [0, 0.1) is 6.92 Å². The van der Waals surface area contributed by atoms with Gasteiger partial charge in [0.15, 0.2) is 0 Å². The maximum Gasteiger partial charge on any atom is 0.278 e. The third-order valence-electron chi connectivity index (χ3n) is 5.42. The van der Waals surface area contributed by atoms with Crippen molar-refractivity contribution in [1.29, 1.82) is 0 Å². The van der Waals surface area contributed by atoms with E-state index in [9.17, 15) is 9.59 Å². The standard InChI is InChI=1S/C21H25N5O4/c1-13-5-3-8-25-18(13)24-19-16(21(25)28)11-15(20(27)23-7-10-29-2)17(22)26(19)12-14-6-4-9-30-14/h3,5,8,11,14,22H,4,6-7,9-10,12H2,1-2H3,(H,23,27)/p+1/t14-/m1/s1. The highest BCUT2D eigenvalue weighted by molar-refractivity contribution is 6.00. The first kappa shape index (κ1) is 20.2. The van der Waals surface area contributed by atoms with Gasteiger partial charge in [-0.3, -0.25) is 14.0 Å². The molecule has 9 nitrogen and oxygen atoms in total. The molecule has 4 rings (SSSR count). The predicted octanol–water partition coefficient (Wildman–Crippen LogP) is 0.581. The van der Waals surface area contributed by atoms with Crippen LogP contribution in [0.25, 0.3) is 16.7 Å². The number of nitrogens with two attached hydrogens (primary N) is 1. The lowest BCUT2D eigenvalue weighted by molar-refractivity contribution is -0.666. The summed E-state index contributed by atoms with van der Waals surface area (Å²) in [5.41, 5.74) is 8.32. The zero-order valence-electron chi connectivity index (χ0n) is 17.2. The van der Waals surface area contributed by atoms with Crippen molar-refractivity contribution in [3.8, 4) is 0 Å². The molecule has 1 fully saturated rings. The van der Waals surface area contributed by atoms with E-state index in [1.165, 1.54) is 10.5 Å². The quantitative estimate of drug-likeness (QED) is 0.348. The van der Waals surface area contributed by atoms with Gasteiger partial charge in [-0.15, -0.1) is 0 Å². The highest BCUT2D eigenvalue weighted by Gasteiger charge is 2.27. The second-order valence-electron chi connectivity index (χ2n) is 7.48. The number of nitrogens with one attached hydrogen (secondary N) is 1. The number of anilines is 1. The molecule has 158 valence electrons. The molecule has 0 radical (unpaired) electrons. The number of fused-ring (bicyclic) bond motifs is 2. The number of ether oxygens (including phenoxy) is 2. The monoisotopic (exact) mass is 412 g/mol. The number of methoxy groups -OCH3 is 1. The minimum absolute atomic E-state index is 0.0376. The van der Waals surface area contributed by atoms with Crippen LogP contribution in [0.2, 0.25) is 0 Å². The molecule has 3 aromatic heterocycles. The molecule has 0 unspecified atom stereocenters. The van der Waals surface area contributed by atoms with Gasteiger partial charge >= 0.3 is 0 Å². The van der Waals surface area contributed by atoms with Gasteiger partial charge < -0.3 is 20.5 Å². The van der Waals surface area contributed by atoms with E-state index < -0.39 is 0 Å². The number of hydrogen-bond acceptors (Lipinski definition) is 6. The Kier molecular flexibility index (Phi) is 5.65. The van der Waals surface area contributed by atoms with Gasteiger partial charge in [0.05, 0.1) is 19.3 Å². The Morgan fingerprint density at radius 2 is 2.33 bits per heavy atom. The Morgan fingerprint density at radius 3 is 3.07 bits per heavy atom. The number of aryl methyl sites for hydroxylation is 1. The third kappa shape index (κ3) is 3.61. The Balaban J connectivity index is 1.93. The van der Waals surface area contributed by atoms with Gasteiger partial charge in [-0.2, -0.15) is 0 Å². The van der Waals surface area contributed by atoms with Crippen LogP contribution in [0.3, 0.4) is 0 Å². The van der Waals surface area contributed by atoms with Gasteiger partial charge in [0.2, 0.25) is 11.5 Å². The summed E-state index contributed by atoms with van der Waals surface area (Å²) < 4.78 is 14.0. The van der Waals surface area contributed by atoms with Crippen molar-refractivity contribution in [3.05, 3.63) is 45.9 Å². The van der Waals surface area contributed by atoms with E-state index in [2.05, 4.69) is 5.32 Å². The fourth-order valence-electron chi connectivity index (χ4n) is 3.83. The second kappa shape index (κ2) is 8.37. The van der Waals surface area contributed by atoms with Gasteiger partial charge in [-0.25, -0.2) is 4.57 Å². The Hall–Kier alpha value is -3.04. The zero-order chi connectivity index (χ0) is 21.3. The minimum Gasteiger partial charge on any atom is -0.383 e. The van der Waals surface area contributed by atoms with Crippen molar-refractivity contribution >= 4 is 28.4 Å². The van der Waals surface area contributed by atoms with Gasteiger partial charge in [0, 0.05) is 32.0 Å². The summed E-state index contributed by atoms with van der Waals surface area (Å²) in [6.45, 7) is 3.74. The summed E-state index contributed by atoms with van der Waals surface area (Å²) >= 11 is 0. The molecule has 1 aliphatic heterocycles. The molecule has 1 aliphatic rings. The maximum atomic E-state index is 13.3. The lowest BCUT2D eigenvalue weighted by Gasteiger charge is -2.15. The van der Waals surface area contributed by atoms with Crippen LogP contribution in [0.1, 0.15) is 28.8 Å². The average Bonchev–Trinajstić information content (AvgIpc) is 3.24. The summed E-state index contributed by atoms with van der Waals surface area (Å²) in [4.78, 5) is 30.8. The van der Waals surface area contributed by atoms with Crippen molar-refractivity contribution < 1.29 is 18.8 Å². The number of rotatable bonds is 6. The highest BCUT2D eigenvalue weighted by Crippen LogP contribution is 2.18. The van der Waals surface area contributed by atoms with E-state index >= 15 is 0 Å². The number of carbonyl (C=O) groups is 1. The smallest absolute Gasteiger partial charge is 0.278 e. The van der Waals surface area contributed by atoms with Crippen LogP contribution >= 0.6 is 0 Å². The largest absolute Gasteiger partial charge is 0.383 e. The van der Waals surface area contributed by atoms with E-state index in [0.29, 0.717) is 43.0 Å². The molecule has 0 spiro atoms. The lowest BCUT2D eigenvalue weighted by Crippen LogP contribution is -2.46. The van der Waals surface area contributed by atoms with Crippen molar-refractivity contribution in [2.24, 2.45) is 0 Å². The third-order valence-corrected chi connectivity index (χ3v) is 5.42. The summed E-state index contributed by atoms with van der Waals surface area (Å²) in [5, 5.41) is 3.11. The first-order valence-electron chi connectivity index (χ1n) is 10.0. The first-order chi connectivity index (χ1) is 14.5. The topological polar surface area (TPSA) is 112 Å². The number of hydrogen-bond donors (Lipinski definition) is 2. The van der Waals surface area contributed by atoms with Crippen molar-refractivity contribution in [3.63, 3.8) is 0 Å². The van der Waals surface area contributed by atoms with E-state index in [0.717, 1.165) is 18.4 Å². The molecule has 9 heteroatoms. The van der Waals surface area contributed by atoms with Gasteiger partial charge in [0.1, 0.15) is 10.9 Å². The Bertz CT molecular complexity index is 1170. The molecule has 0 aliphatic carbocycles. The van der Waals surface area contributed by atoms with E-state index in [-0.39, 0.29) is 29.0 Å². The van der Waals surface area contributed by atoms with Crippen LogP contribution in [0.4, 0.5) is 5.82 Å². The Labute approximate surface area is 173 Å². The molecule has 1 saturated heterocycles. The van der Waals surface area contributed by atoms with Gasteiger partial charge in [-0.1, -0.05) is 11.1 Å². The van der Waals surface area contributed by atoms with Crippen LogP contribution < -0.4 is 21.2 Å². The molecule has 30 heavy (non-hydrogen) atoms. The van der Waals surface area contributed by atoms with Crippen molar-refractivity contribution in [1.82, 2.24) is 14.7 Å². The summed E-state index contributed by atoms with van der Waals surface area (Å²) in [6.07, 6.45) is 3.50. The summed E-state index contributed by atoms with van der Waals surface area (Å²) in [7, 11) is 1.56. The molecular formula is C21H26N5O4+. The molecule has 4 heterocycles. The number of carbonyl (C=O) groups excluding carboxylic acids is 1. The van der Waals surface area contributed by atoms with E-state index in [1.54, 1.807) is 23.9 Å². The summed E-state index contributed by atoms with van der Waals surface area (Å²) in [6, 6.07) is 5.23. The van der Waals surface area contributed by atoms with Crippen molar-refractivity contribution in [2.75, 3.05) is 32.6 Å². The molecule has 3 aromatic rings. The number of amides is 1. The second-order valence-corrected chi connectivity index (χ2v) is 7.48. The molecule has 0 saturated carbocycles. The predicted molar refractivity (Wildman–Crippen MR) is 111 cm³/mol. The molecule has 1 atom stereocenters. The van der Waals surface area contributed by atoms with Gasteiger partial charge in [-0.05, 0) is 31.9 Å². The normalized spacial score (nSPS) is 16.4. The van der Waals surface area contributed by atoms with Crippen LogP contribution in [-0.2, 0) is 16.0 Å². The fourth-order valence-corrected chi connectivity index (χ4v) is 3.83. The molecular weight excluding hydrogens is 386 g/mol. The first-order valence-corrected chi connectivity index (χ1v) is 10.0.